The first-order chi connectivity index (χ1) is 11.7. The van der Waals surface area contributed by atoms with Gasteiger partial charge in [0.2, 0.25) is 0 Å². The molecule has 1 aromatic rings. The lowest BCUT2D eigenvalue weighted by Crippen LogP contribution is -2.30. The molecule has 1 heterocycles. The van der Waals surface area contributed by atoms with Gasteiger partial charge < -0.3 is 15.4 Å². The highest BCUT2D eigenvalue weighted by Gasteiger charge is 2.23. The number of ether oxygens (including phenoxy) is 1. The van der Waals surface area contributed by atoms with Crippen LogP contribution >= 0.6 is 31.9 Å². The fraction of sp³-hybridized carbons (Fsp3) is 0.579. The molecule has 24 heavy (non-hydrogen) atoms. The molecule has 0 aliphatic carbocycles. The summed E-state index contributed by atoms with van der Waals surface area (Å²) in [5, 5.41) is 6.94. The highest BCUT2D eigenvalue weighted by Crippen LogP contribution is 2.36. The molecule has 134 valence electrons. The van der Waals surface area contributed by atoms with Gasteiger partial charge in [-0.1, -0.05) is 6.08 Å². The third-order valence-corrected chi connectivity index (χ3v) is 5.66. The summed E-state index contributed by atoms with van der Waals surface area (Å²) in [6, 6.07) is 4.78. The first-order valence-electron chi connectivity index (χ1n) is 8.85. The van der Waals surface area contributed by atoms with Crippen molar-refractivity contribution in [2.45, 2.75) is 45.1 Å². The van der Waals surface area contributed by atoms with E-state index >= 15 is 0 Å². The van der Waals surface area contributed by atoms with Gasteiger partial charge in [-0.25, -0.2) is 0 Å². The number of benzene rings is 1. The van der Waals surface area contributed by atoms with Gasteiger partial charge in [-0.05, 0) is 95.5 Å². The Hall–Kier alpha value is -0.520. The minimum atomic E-state index is 0.654. The summed E-state index contributed by atoms with van der Waals surface area (Å²) in [5.74, 6) is 1.56. The van der Waals surface area contributed by atoms with Crippen LogP contribution in [0.2, 0.25) is 0 Å². The van der Waals surface area contributed by atoms with Crippen LogP contribution in [0.15, 0.2) is 33.7 Å². The second kappa shape index (κ2) is 10.5. The van der Waals surface area contributed by atoms with Gasteiger partial charge in [-0.3, -0.25) is 0 Å². The summed E-state index contributed by atoms with van der Waals surface area (Å²) >= 11 is 7.22. The number of halogens is 2. The average Bonchev–Trinajstić information content (AvgIpc) is 3.07. The van der Waals surface area contributed by atoms with E-state index in [0.717, 1.165) is 52.9 Å². The quantitative estimate of drug-likeness (QED) is 0.345. The molecule has 1 fully saturated rings. The predicted octanol–water partition coefficient (Wildman–Crippen LogP) is 5.75. The maximum Gasteiger partial charge on any atom is 0.147 e. The Kier molecular flexibility index (Phi) is 8.63. The van der Waals surface area contributed by atoms with Crippen LogP contribution in [0.4, 0.5) is 5.69 Å². The number of hydrogen-bond donors (Lipinski definition) is 2. The van der Waals surface area contributed by atoms with Crippen molar-refractivity contribution in [1.82, 2.24) is 5.32 Å². The molecule has 0 radical (unpaired) electrons. The van der Waals surface area contributed by atoms with E-state index in [0.29, 0.717) is 12.0 Å². The van der Waals surface area contributed by atoms with E-state index in [4.69, 9.17) is 4.74 Å². The van der Waals surface area contributed by atoms with E-state index in [9.17, 15) is 0 Å². The van der Waals surface area contributed by atoms with Gasteiger partial charge in [0.25, 0.3) is 0 Å². The van der Waals surface area contributed by atoms with E-state index in [-0.39, 0.29) is 0 Å². The molecule has 2 unspecified atom stereocenters. The first-order valence-corrected chi connectivity index (χ1v) is 10.4. The minimum Gasteiger partial charge on any atom is -0.491 e. The van der Waals surface area contributed by atoms with Crippen molar-refractivity contribution in [3.8, 4) is 5.75 Å². The lowest BCUT2D eigenvalue weighted by molar-refractivity contribution is 0.274. The van der Waals surface area contributed by atoms with Gasteiger partial charge >= 0.3 is 0 Å². The van der Waals surface area contributed by atoms with Crippen LogP contribution in [0.3, 0.4) is 0 Å². The van der Waals surface area contributed by atoms with Gasteiger partial charge in [-0.15, -0.1) is 6.58 Å². The predicted molar refractivity (Wildman–Crippen MR) is 110 cm³/mol. The number of nitrogens with one attached hydrogen (secondary N) is 2. The largest absolute Gasteiger partial charge is 0.491 e. The average molecular weight is 460 g/mol. The molecule has 3 nitrogen and oxygen atoms in total. The second-order valence-corrected chi connectivity index (χ2v) is 7.99. The van der Waals surface area contributed by atoms with Crippen LogP contribution in [0.25, 0.3) is 0 Å². The summed E-state index contributed by atoms with van der Waals surface area (Å²) in [5.41, 5.74) is 1.09. The van der Waals surface area contributed by atoms with Gasteiger partial charge in [0.05, 0.1) is 15.6 Å². The van der Waals surface area contributed by atoms with E-state index in [1.54, 1.807) is 0 Å². The van der Waals surface area contributed by atoms with E-state index < -0.39 is 0 Å². The van der Waals surface area contributed by atoms with Crippen LogP contribution < -0.4 is 15.4 Å². The molecule has 0 saturated carbocycles. The molecule has 0 bridgehead atoms. The smallest absolute Gasteiger partial charge is 0.147 e. The summed E-state index contributed by atoms with van der Waals surface area (Å²) in [6.45, 7) is 8.80. The molecule has 1 saturated heterocycles. The monoisotopic (exact) mass is 458 g/mol. The van der Waals surface area contributed by atoms with Crippen molar-refractivity contribution >= 4 is 37.5 Å². The third-order valence-electron chi connectivity index (χ3n) is 4.48. The molecular weight excluding hydrogens is 432 g/mol. The number of rotatable bonds is 10. The number of allylic oxidation sites excluding steroid dienone is 1. The Morgan fingerprint density at radius 1 is 1.42 bits per heavy atom. The first kappa shape index (κ1) is 19.8. The minimum absolute atomic E-state index is 0.654. The SMILES string of the molecule is C=CCC(CCCOc1c(Br)cc(NCC)cc1Br)C1CCCN1. The summed E-state index contributed by atoms with van der Waals surface area (Å²) < 4.78 is 7.98. The zero-order chi connectivity index (χ0) is 17.4. The third kappa shape index (κ3) is 5.78. The zero-order valence-corrected chi connectivity index (χ0v) is 17.6. The van der Waals surface area contributed by atoms with Crippen molar-refractivity contribution in [2.24, 2.45) is 5.92 Å². The Balaban J connectivity index is 1.83. The van der Waals surface area contributed by atoms with E-state index in [1.165, 1.54) is 19.3 Å². The fourth-order valence-corrected chi connectivity index (χ4v) is 4.75. The fourth-order valence-electron chi connectivity index (χ4n) is 3.33. The lowest BCUT2D eigenvalue weighted by Gasteiger charge is -2.22. The molecule has 0 aromatic heterocycles. The van der Waals surface area contributed by atoms with Crippen molar-refractivity contribution < 1.29 is 4.74 Å². The number of anilines is 1. The molecular formula is C19H28Br2N2O. The Labute approximate surface area is 162 Å². The molecule has 0 spiro atoms. The molecule has 1 aromatic carbocycles. The molecule has 1 aliphatic heterocycles. The Morgan fingerprint density at radius 2 is 2.17 bits per heavy atom. The summed E-state index contributed by atoms with van der Waals surface area (Å²) in [6.07, 6.45) is 7.97. The number of hydrogen-bond acceptors (Lipinski definition) is 3. The van der Waals surface area contributed by atoms with Crippen molar-refractivity contribution in [1.29, 1.82) is 0 Å². The maximum atomic E-state index is 6.02. The van der Waals surface area contributed by atoms with Crippen molar-refractivity contribution in [2.75, 3.05) is 25.0 Å². The zero-order valence-electron chi connectivity index (χ0n) is 14.4. The normalized spacial score (nSPS) is 18.4. The molecule has 5 heteroatoms. The van der Waals surface area contributed by atoms with E-state index in [1.807, 2.05) is 0 Å². The van der Waals surface area contributed by atoms with Crippen molar-refractivity contribution in [3.05, 3.63) is 33.7 Å². The van der Waals surface area contributed by atoms with Crippen LogP contribution in [-0.2, 0) is 0 Å². The highest BCUT2D eigenvalue weighted by molar-refractivity contribution is 9.11. The van der Waals surface area contributed by atoms with Crippen LogP contribution in [-0.4, -0.2) is 25.7 Å². The maximum absolute atomic E-state index is 6.02. The van der Waals surface area contributed by atoms with Gasteiger partial charge in [-0.2, -0.15) is 0 Å². The van der Waals surface area contributed by atoms with Crippen LogP contribution in [0.1, 0.15) is 39.0 Å². The highest BCUT2D eigenvalue weighted by atomic mass is 79.9. The Bertz CT molecular complexity index is 507. The van der Waals surface area contributed by atoms with Gasteiger partial charge in [0.15, 0.2) is 0 Å². The molecule has 2 N–H and O–H groups in total. The van der Waals surface area contributed by atoms with Crippen LogP contribution in [0, 0.1) is 5.92 Å². The molecule has 1 aliphatic rings. The van der Waals surface area contributed by atoms with Gasteiger partial charge in [0, 0.05) is 18.3 Å². The standard InChI is InChI=1S/C19H28Br2N2O/c1-3-7-14(18-9-5-10-23-18)8-6-11-24-19-16(20)12-15(22-4-2)13-17(19)21/h3,12-14,18,22-23H,1,4-11H2,2H3. The molecule has 0 amide bonds. The summed E-state index contributed by atoms with van der Waals surface area (Å²) in [4.78, 5) is 0. The van der Waals surface area contributed by atoms with Crippen LogP contribution in [0.5, 0.6) is 5.75 Å². The molecule has 2 atom stereocenters. The summed E-state index contributed by atoms with van der Waals surface area (Å²) in [7, 11) is 0. The topological polar surface area (TPSA) is 33.3 Å². The lowest BCUT2D eigenvalue weighted by atomic mass is 9.90. The van der Waals surface area contributed by atoms with Crippen molar-refractivity contribution in [3.63, 3.8) is 0 Å². The molecule has 2 rings (SSSR count). The Morgan fingerprint density at radius 3 is 2.75 bits per heavy atom. The van der Waals surface area contributed by atoms with E-state index in [2.05, 4.69) is 74.2 Å². The van der Waals surface area contributed by atoms with Gasteiger partial charge in [0.1, 0.15) is 5.75 Å². The second-order valence-electron chi connectivity index (χ2n) is 6.28.